The summed E-state index contributed by atoms with van der Waals surface area (Å²) in [5, 5.41) is -0.146. The number of hydrogen-bond acceptors (Lipinski definition) is 3. The molecule has 18 heavy (non-hydrogen) atoms. The van der Waals surface area contributed by atoms with Gasteiger partial charge in [-0.25, -0.2) is 0 Å². The zero-order valence-corrected chi connectivity index (χ0v) is 10.4. The van der Waals surface area contributed by atoms with E-state index in [9.17, 15) is 21.6 Å². The second kappa shape index (κ2) is 4.31. The minimum atomic E-state index is -5.68. The number of benzene rings is 1. The third kappa shape index (κ3) is 2.72. The quantitative estimate of drug-likeness (QED) is 0.634. The van der Waals surface area contributed by atoms with Crippen molar-refractivity contribution < 1.29 is 25.8 Å². The van der Waals surface area contributed by atoms with Crippen molar-refractivity contribution in [2.24, 2.45) is 0 Å². The van der Waals surface area contributed by atoms with E-state index in [1.807, 2.05) is 0 Å². The van der Waals surface area contributed by atoms with Crippen LogP contribution in [0.3, 0.4) is 0 Å². The van der Waals surface area contributed by atoms with Crippen LogP contribution in [0.25, 0.3) is 0 Å². The summed E-state index contributed by atoms with van der Waals surface area (Å²) >= 11 is 5.70. The maximum absolute atomic E-state index is 12.1. The van der Waals surface area contributed by atoms with Gasteiger partial charge in [-0.05, 0) is 36.5 Å². The van der Waals surface area contributed by atoms with Crippen LogP contribution in [-0.2, 0) is 10.1 Å². The maximum Gasteiger partial charge on any atom is 0.534 e. The lowest BCUT2D eigenvalue weighted by Crippen LogP contribution is -2.28. The van der Waals surface area contributed by atoms with Crippen molar-refractivity contribution in [3.63, 3.8) is 0 Å². The second-order valence-electron chi connectivity index (χ2n) is 3.95. The van der Waals surface area contributed by atoms with Crippen LogP contribution in [0.4, 0.5) is 13.2 Å². The molecule has 1 aromatic carbocycles. The second-order valence-corrected chi connectivity index (χ2v) is 5.89. The molecule has 3 nitrogen and oxygen atoms in total. The number of halogens is 4. The zero-order valence-electron chi connectivity index (χ0n) is 8.87. The smallest absolute Gasteiger partial charge is 0.374 e. The Hall–Kier alpha value is -0.950. The van der Waals surface area contributed by atoms with E-state index in [1.165, 1.54) is 12.1 Å². The van der Waals surface area contributed by atoms with Crippen molar-refractivity contribution in [2.75, 3.05) is 0 Å². The largest absolute Gasteiger partial charge is 0.534 e. The van der Waals surface area contributed by atoms with Crippen LogP contribution < -0.4 is 4.18 Å². The van der Waals surface area contributed by atoms with Crippen molar-refractivity contribution in [3.8, 4) is 5.75 Å². The molecule has 0 spiro atoms. The highest BCUT2D eigenvalue weighted by Gasteiger charge is 2.48. The molecular formula is C10H8ClF3O3S. The van der Waals surface area contributed by atoms with E-state index in [0.29, 0.717) is 5.92 Å². The van der Waals surface area contributed by atoms with E-state index in [-0.39, 0.29) is 5.02 Å². The summed E-state index contributed by atoms with van der Waals surface area (Å²) in [6.07, 6.45) is 1.99. The zero-order chi connectivity index (χ0) is 13.6. The Morgan fingerprint density at radius 1 is 1.28 bits per heavy atom. The Bertz CT molecular complexity index is 564. The molecule has 0 heterocycles. The molecule has 2 rings (SSSR count). The first kappa shape index (κ1) is 13.5. The molecule has 0 saturated heterocycles. The third-order valence-corrected chi connectivity index (χ3v) is 3.75. The molecule has 0 atom stereocenters. The van der Waals surface area contributed by atoms with Crippen molar-refractivity contribution in [3.05, 3.63) is 28.8 Å². The minimum absolute atomic E-state index is 0.146. The molecular weight excluding hydrogens is 293 g/mol. The molecule has 100 valence electrons. The predicted octanol–water partition coefficient (Wildman–Crippen LogP) is 3.45. The monoisotopic (exact) mass is 300 g/mol. The molecule has 0 bridgehead atoms. The van der Waals surface area contributed by atoms with Gasteiger partial charge >= 0.3 is 15.6 Å². The van der Waals surface area contributed by atoms with Gasteiger partial charge in [0.15, 0.2) is 5.75 Å². The first-order valence-corrected chi connectivity index (χ1v) is 6.79. The van der Waals surface area contributed by atoms with Crippen molar-refractivity contribution in [1.29, 1.82) is 0 Å². The van der Waals surface area contributed by atoms with E-state index < -0.39 is 21.4 Å². The first-order chi connectivity index (χ1) is 8.21. The molecule has 1 saturated carbocycles. The van der Waals surface area contributed by atoms with E-state index in [2.05, 4.69) is 4.18 Å². The van der Waals surface area contributed by atoms with Gasteiger partial charge in [0.1, 0.15) is 0 Å². The highest BCUT2D eigenvalue weighted by Crippen LogP contribution is 2.42. The fourth-order valence-electron chi connectivity index (χ4n) is 1.42. The summed E-state index contributed by atoms with van der Waals surface area (Å²) < 4.78 is 61.9. The molecule has 1 fully saturated rings. The van der Waals surface area contributed by atoms with Crippen LogP contribution >= 0.6 is 11.6 Å². The van der Waals surface area contributed by atoms with Crippen LogP contribution in [0.1, 0.15) is 24.3 Å². The van der Waals surface area contributed by atoms with Crippen molar-refractivity contribution >= 4 is 21.7 Å². The van der Waals surface area contributed by atoms with Crippen molar-refractivity contribution in [2.45, 2.75) is 24.3 Å². The maximum atomic E-state index is 12.1. The molecule has 0 aromatic heterocycles. The van der Waals surface area contributed by atoms with Crippen LogP contribution in [0, 0.1) is 0 Å². The van der Waals surface area contributed by atoms with Gasteiger partial charge in [0.25, 0.3) is 0 Å². The first-order valence-electron chi connectivity index (χ1n) is 5.01. The van der Waals surface area contributed by atoms with Gasteiger partial charge in [-0.15, -0.1) is 0 Å². The van der Waals surface area contributed by atoms with Gasteiger partial charge in [0.05, 0.1) is 5.02 Å². The van der Waals surface area contributed by atoms with Crippen LogP contribution in [0.5, 0.6) is 5.75 Å². The number of rotatable bonds is 3. The van der Waals surface area contributed by atoms with Crippen LogP contribution in [0.2, 0.25) is 5.02 Å². The Morgan fingerprint density at radius 2 is 1.89 bits per heavy atom. The fourth-order valence-corrected chi connectivity index (χ4v) is 2.17. The third-order valence-electron chi connectivity index (χ3n) is 2.49. The predicted molar refractivity (Wildman–Crippen MR) is 59.0 cm³/mol. The van der Waals surface area contributed by atoms with E-state index >= 15 is 0 Å². The summed E-state index contributed by atoms with van der Waals surface area (Å²) in [4.78, 5) is 0. The van der Waals surface area contributed by atoms with Crippen LogP contribution in [0.15, 0.2) is 18.2 Å². The standard InChI is InChI=1S/C10H8ClF3O3S/c11-8-5-7(6-1-2-6)3-4-9(8)17-18(15,16)10(12,13)14/h3-6H,1-2H2. The van der Waals surface area contributed by atoms with Crippen molar-refractivity contribution in [1.82, 2.24) is 0 Å². The molecule has 1 aliphatic carbocycles. The minimum Gasteiger partial charge on any atom is -0.374 e. The average molecular weight is 301 g/mol. The Morgan fingerprint density at radius 3 is 2.33 bits per heavy atom. The van der Waals surface area contributed by atoms with E-state index in [0.717, 1.165) is 24.5 Å². The Labute approximate surface area is 107 Å². The van der Waals surface area contributed by atoms with Crippen LogP contribution in [-0.4, -0.2) is 13.9 Å². The summed E-state index contributed by atoms with van der Waals surface area (Å²) in [5.74, 6) is -0.158. The summed E-state index contributed by atoms with van der Waals surface area (Å²) in [5.41, 5.74) is -4.59. The van der Waals surface area contributed by atoms with E-state index in [1.54, 1.807) is 0 Å². The normalized spacial score (nSPS) is 16.7. The van der Waals surface area contributed by atoms with Gasteiger partial charge in [0.2, 0.25) is 0 Å². The highest BCUT2D eigenvalue weighted by molar-refractivity contribution is 7.88. The number of hydrogen-bond donors (Lipinski definition) is 0. The lowest BCUT2D eigenvalue weighted by molar-refractivity contribution is -0.0500. The molecule has 0 unspecified atom stereocenters. The molecule has 8 heteroatoms. The molecule has 1 aliphatic rings. The van der Waals surface area contributed by atoms with Gasteiger partial charge in [-0.1, -0.05) is 17.7 Å². The molecule has 0 amide bonds. The Balaban J connectivity index is 2.25. The molecule has 0 radical (unpaired) electrons. The summed E-state index contributed by atoms with van der Waals surface area (Å²) in [6.45, 7) is 0. The topological polar surface area (TPSA) is 43.4 Å². The molecule has 1 aromatic rings. The van der Waals surface area contributed by atoms with Gasteiger partial charge in [-0.2, -0.15) is 21.6 Å². The lowest BCUT2D eigenvalue weighted by Gasteiger charge is -2.11. The average Bonchev–Trinajstić information content (AvgIpc) is 3.02. The fraction of sp³-hybridized carbons (Fsp3) is 0.400. The highest BCUT2D eigenvalue weighted by atomic mass is 35.5. The van der Waals surface area contributed by atoms with Gasteiger partial charge in [0, 0.05) is 0 Å². The summed E-state index contributed by atoms with van der Waals surface area (Å²) in [7, 11) is -5.68. The van der Waals surface area contributed by atoms with E-state index in [4.69, 9.17) is 11.6 Å². The molecule has 0 aliphatic heterocycles. The molecule has 0 N–H and O–H groups in total. The van der Waals surface area contributed by atoms with Gasteiger partial charge < -0.3 is 4.18 Å². The number of alkyl halides is 3. The lowest BCUT2D eigenvalue weighted by atomic mass is 10.1. The SMILES string of the molecule is O=S(=O)(Oc1ccc(C2CC2)cc1Cl)C(F)(F)F. The Kier molecular flexibility index (Phi) is 3.23. The summed E-state index contributed by atoms with van der Waals surface area (Å²) in [6, 6.07) is 4.09. The van der Waals surface area contributed by atoms with Gasteiger partial charge in [-0.3, -0.25) is 0 Å².